The van der Waals surface area contributed by atoms with Gasteiger partial charge in [0.25, 0.3) is 0 Å². The molecular formula is C18H23NO4. The zero-order valence-corrected chi connectivity index (χ0v) is 14.0. The lowest BCUT2D eigenvalue weighted by atomic mass is 9.99. The Morgan fingerprint density at radius 3 is 2.52 bits per heavy atom. The van der Waals surface area contributed by atoms with Crippen molar-refractivity contribution in [2.45, 2.75) is 44.8 Å². The molecule has 2 rings (SSSR count). The highest BCUT2D eigenvalue weighted by Gasteiger charge is 2.42. The first-order valence-corrected chi connectivity index (χ1v) is 7.63. The average molecular weight is 317 g/mol. The normalized spacial score (nSPS) is 27.3. The van der Waals surface area contributed by atoms with Gasteiger partial charge in [0.15, 0.2) is 6.10 Å². The summed E-state index contributed by atoms with van der Waals surface area (Å²) < 4.78 is 17.3. The summed E-state index contributed by atoms with van der Waals surface area (Å²) in [5.74, 6) is 2.83. The van der Waals surface area contributed by atoms with Crippen LogP contribution in [0.4, 0.5) is 0 Å². The molecule has 5 heteroatoms. The Labute approximate surface area is 137 Å². The number of hydrogen-bond donors (Lipinski definition) is 0. The molecule has 1 saturated heterocycles. The van der Waals surface area contributed by atoms with E-state index in [0.29, 0.717) is 5.75 Å². The van der Waals surface area contributed by atoms with E-state index >= 15 is 0 Å². The molecule has 1 aliphatic heterocycles. The summed E-state index contributed by atoms with van der Waals surface area (Å²) in [4.78, 5) is 13.5. The van der Waals surface area contributed by atoms with Crippen molar-refractivity contribution < 1.29 is 19.0 Å². The number of ether oxygens (including phenoxy) is 3. The van der Waals surface area contributed by atoms with Crippen LogP contribution >= 0.6 is 0 Å². The molecular weight excluding hydrogens is 294 g/mol. The first kappa shape index (κ1) is 17.3. The molecule has 1 aliphatic rings. The fourth-order valence-electron chi connectivity index (χ4n) is 2.71. The standard InChI is InChI=1S/C18H23NO4/c1-6-14-7-9-15(10-8-14)23-18-17(22-13(3)20)16(19(4)5)11-12(2)21-18/h1,7-10,12,16-18H,11H2,2-5H3/t12-,16+,17-,18+/m0/s1. The molecule has 0 saturated carbocycles. The molecule has 0 aliphatic carbocycles. The zero-order valence-electron chi connectivity index (χ0n) is 14.0. The zero-order chi connectivity index (χ0) is 17.0. The molecule has 0 unspecified atom stereocenters. The van der Waals surface area contributed by atoms with Gasteiger partial charge in [0.05, 0.1) is 12.1 Å². The van der Waals surface area contributed by atoms with Gasteiger partial charge in [-0.25, -0.2) is 0 Å². The summed E-state index contributed by atoms with van der Waals surface area (Å²) in [5.41, 5.74) is 0.776. The Bertz CT molecular complexity index is 576. The van der Waals surface area contributed by atoms with Gasteiger partial charge in [0.2, 0.25) is 6.29 Å². The molecule has 23 heavy (non-hydrogen) atoms. The second kappa shape index (κ2) is 7.49. The molecule has 1 aromatic carbocycles. The highest BCUT2D eigenvalue weighted by atomic mass is 16.7. The second-order valence-corrected chi connectivity index (χ2v) is 5.94. The SMILES string of the molecule is C#Cc1ccc(O[C@H]2O[C@@H](C)C[C@@H](N(C)C)[C@@H]2OC(C)=O)cc1. The Balaban J connectivity index is 2.20. The number of benzene rings is 1. The predicted octanol–water partition coefficient (Wildman–Crippen LogP) is 2.04. The van der Waals surface area contributed by atoms with Gasteiger partial charge >= 0.3 is 5.97 Å². The first-order chi connectivity index (χ1) is 10.9. The number of rotatable bonds is 4. The summed E-state index contributed by atoms with van der Waals surface area (Å²) in [6, 6.07) is 7.19. The van der Waals surface area contributed by atoms with Crippen LogP contribution < -0.4 is 4.74 Å². The van der Waals surface area contributed by atoms with Crippen molar-refractivity contribution in [2.75, 3.05) is 14.1 Å². The van der Waals surface area contributed by atoms with Crippen LogP contribution in [0.5, 0.6) is 5.75 Å². The molecule has 5 nitrogen and oxygen atoms in total. The maximum atomic E-state index is 11.5. The quantitative estimate of drug-likeness (QED) is 0.628. The third-order valence-corrected chi connectivity index (χ3v) is 3.83. The number of likely N-dealkylation sites (N-methyl/N-ethyl adjacent to an activating group) is 1. The lowest BCUT2D eigenvalue weighted by molar-refractivity contribution is -0.229. The van der Waals surface area contributed by atoms with Crippen molar-refractivity contribution in [3.63, 3.8) is 0 Å². The fraction of sp³-hybridized carbons (Fsp3) is 0.500. The Morgan fingerprint density at radius 2 is 2.00 bits per heavy atom. The van der Waals surface area contributed by atoms with Gasteiger partial charge < -0.3 is 19.1 Å². The largest absolute Gasteiger partial charge is 0.461 e. The average Bonchev–Trinajstić information content (AvgIpc) is 2.49. The van der Waals surface area contributed by atoms with Crippen LogP contribution in [0.3, 0.4) is 0 Å². The van der Waals surface area contributed by atoms with Crippen LogP contribution in [0.1, 0.15) is 25.8 Å². The van der Waals surface area contributed by atoms with Gasteiger partial charge in [-0.3, -0.25) is 4.79 Å². The second-order valence-electron chi connectivity index (χ2n) is 5.94. The van der Waals surface area contributed by atoms with E-state index in [-0.39, 0.29) is 18.1 Å². The third kappa shape index (κ3) is 4.47. The topological polar surface area (TPSA) is 48.0 Å². The van der Waals surface area contributed by atoms with Gasteiger partial charge in [-0.05, 0) is 51.7 Å². The van der Waals surface area contributed by atoms with Crippen molar-refractivity contribution >= 4 is 5.97 Å². The Morgan fingerprint density at radius 1 is 1.35 bits per heavy atom. The van der Waals surface area contributed by atoms with Crippen molar-refractivity contribution in [2.24, 2.45) is 0 Å². The van der Waals surface area contributed by atoms with Crippen LogP contribution in [-0.4, -0.2) is 49.5 Å². The molecule has 0 aromatic heterocycles. The van der Waals surface area contributed by atoms with E-state index in [0.717, 1.165) is 12.0 Å². The summed E-state index contributed by atoms with van der Waals surface area (Å²) in [5, 5.41) is 0. The molecule has 1 heterocycles. The molecule has 4 atom stereocenters. The molecule has 0 spiro atoms. The van der Waals surface area contributed by atoms with Gasteiger partial charge in [0.1, 0.15) is 5.75 Å². The molecule has 124 valence electrons. The molecule has 1 aromatic rings. The highest BCUT2D eigenvalue weighted by Crippen LogP contribution is 2.28. The van der Waals surface area contributed by atoms with E-state index in [1.165, 1.54) is 6.92 Å². The van der Waals surface area contributed by atoms with E-state index in [4.69, 9.17) is 20.6 Å². The van der Waals surface area contributed by atoms with Gasteiger partial charge in [-0.2, -0.15) is 0 Å². The van der Waals surface area contributed by atoms with Crippen LogP contribution in [0.2, 0.25) is 0 Å². The predicted molar refractivity (Wildman–Crippen MR) is 87.0 cm³/mol. The Hall–Kier alpha value is -2.03. The number of hydrogen-bond acceptors (Lipinski definition) is 5. The van der Waals surface area contributed by atoms with E-state index in [9.17, 15) is 4.79 Å². The van der Waals surface area contributed by atoms with E-state index in [1.54, 1.807) is 24.3 Å². The van der Waals surface area contributed by atoms with E-state index in [1.807, 2.05) is 25.9 Å². The van der Waals surface area contributed by atoms with Gasteiger partial charge in [-0.1, -0.05) is 5.92 Å². The van der Waals surface area contributed by atoms with Crippen molar-refractivity contribution in [3.8, 4) is 18.1 Å². The lowest BCUT2D eigenvalue weighted by Crippen LogP contribution is -2.56. The molecule has 0 amide bonds. The number of esters is 1. The molecule has 0 radical (unpaired) electrons. The molecule has 0 N–H and O–H groups in total. The summed E-state index contributed by atoms with van der Waals surface area (Å²) in [6.45, 7) is 3.38. The van der Waals surface area contributed by atoms with Crippen LogP contribution in [0.25, 0.3) is 0 Å². The number of carbonyl (C=O) groups excluding carboxylic acids is 1. The van der Waals surface area contributed by atoms with E-state index < -0.39 is 12.4 Å². The minimum atomic E-state index is -0.660. The minimum Gasteiger partial charge on any atom is -0.461 e. The van der Waals surface area contributed by atoms with Crippen molar-refractivity contribution in [1.82, 2.24) is 4.90 Å². The number of carbonyl (C=O) groups is 1. The maximum Gasteiger partial charge on any atom is 0.303 e. The summed E-state index contributed by atoms with van der Waals surface area (Å²) >= 11 is 0. The summed E-state index contributed by atoms with van der Waals surface area (Å²) in [7, 11) is 3.91. The van der Waals surface area contributed by atoms with Crippen LogP contribution in [0.15, 0.2) is 24.3 Å². The van der Waals surface area contributed by atoms with E-state index in [2.05, 4.69) is 5.92 Å². The monoisotopic (exact) mass is 317 g/mol. The molecule has 0 bridgehead atoms. The van der Waals surface area contributed by atoms with Gasteiger partial charge in [0, 0.05) is 12.5 Å². The smallest absolute Gasteiger partial charge is 0.303 e. The maximum absolute atomic E-state index is 11.5. The lowest BCUT2D eigenvalue weighted by Gasteiger charge is -2.42. The Kier molecular flexibility index (Phi) is 5.64. The molecule has 1 fully saturated rings. The third-order valence-electron chi connectivity index (χ3n) is 3.83. The van der Waals surface area contributed by atoms with Crippen molar-refractivity contribution in [1.29, 1.82) is 0 Å². The van der Waals surface area contributed by atoms with Crippen molar-refractivity contribution in [3.05, 3.63) is 29.8 Å². The van der Waals surface area contributed by atoms with Crippen LogP contribution in [0, 0.1) is 12.3 Å². The number of nitrogens with zero attached hydrogens (tertiary/aromatic N) is 1. The summed E-state index contributed by atoms with van der Waals surface area (Å²) in [6.07, 6.45) is 4.97. The highest BCUT2D eigenvalue weighted by molar-refractivity contribution is 5.66. The van der Waals surface area contributed by atoms with Crippen LogP contribution in [-0.2, 0) is 14.3 Å². The fourth-order valence-corrected chi connectivity index (χ4v) is 2.71. The minimum absolute atomic E-state index is 0.00388. The van der Waals surface area contributed by atoms with Gasteiger partial charge in [-0.15, -0.1) is 6.42 Å². The number of terminal acetylenes is 1. The first-order valence-electron chi connectivity index (χ1n) is 7.63.